The summed E-state index contributed by atoms with van der Waals surface area (Å²) in [6.45, 7) is 0.810. The van der Waals surface area contributed by atoms with Gasteiger partial charge < -0.3 is 10.6 Å². The fraction of sp³-hybridized carbons (Fsp3) is 0.235. The van der Waals surface area contributed by atoms with Gasteiger partial charge in [-0.1, -0.05) is 41.4 Å². The molecule has 0 aromatic heterocycles. The molecule has 0 aliphatic carbocycles. The molecule has 1 saturated heterocycles. The minimum absolute atomic E-state index is 0.0512. The van der Waals surface area contributed by atoms with Crippen molar-refractivity contribution >= 4 is 34.8 Å². The third-order valence-corrected chi connectivity index (χ3v) is 4.34. The molecular weight excluding hydrogens is 319 g/mol. The van der Waals surface area contributed by atoms with Gasteiger partial charge in [-0.2, -0.15) is 0 Å². The molecule has 1 amide bonds. The monoisotopic (exact) mass is 334 g/mol. The van der Waals surface area contributed by atoms with E-state index in [1.807, 2.05) is 36.4 Å². The van der Waals surface area contributed by atoms with Crippen LogP contribution in [0.15, 0.2) is 48.5 Å². The largest absolute Gasteiger partial charge is 0.325 e. The van der Waals surface area contributed by atoms with Crippen LogP contribution in [0.4, 0.5) is 5.69 Å². The number of carbonyl (C=O) groups excluding carboxylic acids is 1. The van der Waals surface area contributed by atoms with Gasteiger partial charge in [0.15, 0.2) is 0 Å². The van der Waals surface area contributed by atoms with Gasteiger partial charge >= 0.3 is 0 Å². The Kier molecular flexibility index (Phi) is 4.67. The van der Waals surface area contributed by atoms with E-state index in [1.54, 1.807) is 12.1 Å². The lowest BCUT2D eigenvalue weighted by Gasteiger charge is -2.19. The molecular formula is C17H16Cl2N2O. The number of anilines is 1. The smallest absolute Gasteiger partial charge is 0.242 e. The van der Waals surface area contributed by atoms with Gasteiger partial charge in [0.1, 0.15) is 0 Å². The van der Waals surface area contributed by atoms with Crippen molar-refractivity contribution in [3.05, 3.63) is 64.1 Å². The molecule has 114 valence electrons. The lowest BCUT2D eigenvalue weighted by molar-refractivity contribution is -0.118. The van der Waals surface area contributed by atoms with Crippen LogP contribution in [0.5, 0.6) is 0 Å². The molecule has 2 unspecified atom stereocenters. The average molecular weight is 335 g/mol. The normalized spacial score (nSPS) is 20.8. The standard InChI is InChI=1S/C17H16Cl2N2O/c18-12-4-1-3-11(9-12)15-7-8-20-16(15)17(22)21-14-6-2-5-13(19)10-14/h1-6,9-10,15-16,20H,7-8H2,(H,21,22). The van der Waals surface area contributed by atoms with Gasteiger partial charge in [0.05, 0.1) is 6.04 Å². The Balaban J connectivity index is 1.76. The maximum atomic E-state index is 12.5. The Morgan fingerprint density at radius 2 is 1.82 bits per heavy atom. The lowest BCUT2D eigenvalue weighted by atomic mass is 9.91. The molecule has 3 rings (SSSR count). The van der Waals surface area contributed by atoms with Crippen LogP contribution >= 0.6 is 23.2 Å². The van der Waals surface area contributed by atoms with Crippen LogP contribution in [0.2, 0.25) is 10.0 Å². The molecule has 0 bridgehead atoms. The predicted molar refractivity (Wildman–Crippen MR) is 90.7 cm³/mol. The van der Waals surface area contributed by atoms with Gasteiger partial charge in [0.25, 0.3) is 0 Å². The molecule has 2 aromatic rings. The van der Waals surface area contributed by atoms with Crippen molar-refractivity contribution in [2.75, 3.05) is 11.9 Å². The minimum atomic E-state index is -0.266. The Bertz CT molecular complexity index is 690. The zero-order valence-electron chi connectivity index (χ0n) is 11.9. The topological polar surface area (TPSA) is 41.1 Å². The van der Waals surface area contributed by atoms with E-state index in [0.29, 0.717) is 15.7 Å². The highest BCUT2D eigenvalue weighted by atomic mass is 35.5. The molecule has 1 heterocycles. The van der Waals surface area contributed by atoms with Crippen LogP contribution in [-0.2, 0) is 4.79 Å². The second-order valence-electron chi connectivity index (χ2n) is 5.38. The summed E-state index contributed by atoms with van der Waals surface area (Å²) in [5, 5.41) is 7.48. The summed E-state index contributed by atoms with van der Waals surface area (Å²) in [5.41, 5.74) is 1.79. The van der Waals surface area contributed by atoms with Gasteiger partial charge in [-0.25, -0.2) is 0 Å². The number of benzene rings is 2. The maximum absolute atomic E-state index is 12.5. The van der Waals surface area contributed by atoms with Crippen molar-refractivity contribution in [3.8, 4) is 0 Å². The fourth-order valence-corrected chi connectivity index (χ4v) is 3.25. The summed E-state index contributed by atoms with van der Waals surface area (Å²) in [6, 6.07) is 14.6. The van der Waals surface area contributed by atoms with E-state index in [2.05, 4.69) is 10.6 Å². The third kappa shape index (κ3) is 3.43. The highest BCUT2D eigenvalue weighted by molar-refractivity contribution is 6.31. The molecule has 0 radical (unpaired) electrons. The van der Waals surface area contributed by atoms with Crippen LogP contribution in [-0.4, -0.2) is 18.5 Å². The van der Waals surface area contributed by atoms with Crippen LogP contribution < -0.4 is 10.6 Å². The first-order valence-corrected chi connectivity index (χ1v) is 7.94. The van der Waals surface area contributed by atoms with Crippen LogP contribution in [0, 0.1) is 0 Å². The summed E-state index contributed by atoms with van der Waals surface area (Å²) in [4.78, 5) is 12.5. The number of halogens is 2. The first-order chi connectivity index (χ1) is 10.6. The highest BCUT2D eigenvalue weighted by Gasteiger charge is 2.33. The van der Waals surface area contributed by atoms with Crippen LogP contribution in [0.3, 0.4) is 0 Å². The van der Waals surface area contributed by atoms with Crippen LogP contribution in [0.1, 0.15) is 17.9 Å². The van der Waals surface area contributed by atoms with E-state index >= 15 is 0 Å². The number of nitrogens with one attached hydrogen (secondary N) is 2. The summed E-state index contributed by atoms with van der Waals surface area (Å²) >= 11 is 12.0. The summed E-state index contributed by atoms with van der Waals surface area (Å²) < 4.78 is 0. The van der Waals surface area contributed by atoms with E-state index in [4.69, 9.17) is 23.2 Å². The van der Waals surface area contributed by atoms with Crippen molar-refractivity contribution in [2.45, 2.75) is 18.4 Å². The van der Waals surface area contributed by atoms with E-state index in [9.17, 15) is 4.79 Å². The second kappa shape index (κ2) is 6.69. The summed E-state index contributed by atoms with van der Waals surface area (Å²) in [5.74, 6) is 0.0719. The molecule has 3 nitrogen and oxygen atoms in total. The Labute approximate surface area is 139 Å². The third-order valence-electron chi connectivity index (χ3n) is 3.87. The second-order valence-corrected chi connectivity index (χ2v) is 6.25. The molecule has 0 spiro atoms. The first-order valence-electron chi connectivity index (χ1n) is 7.19. The molecule has 0 saturated carbocycles. The molecule has 1 fully saturated rings. The Morgan fingerprint density at radius 3 is 2.55 bits per heavy atom. The fourth-order valence-electron chi connectivity index (χ4n) is 2.86. The predicted octanol–water partition coefficient (Wildman–Crippen LogP) is 4.08. The molecule has 1 aliphatic rings. The van der Waals surface area contributed by atoms with Crippen molar-refractivity contribution in [2.24, 2.45) is 0 Å². The van der Waals surface area contributed by atoms with Crippen molar-refractivity contribution < 1.29 is 4.79 Å². The number of amides is 1. The molecule has 22 heavy (non-hydrogen) atoms. The van der Waals surface area contributed by atoms with Gasteiger partial charge in [0.2, 0.25) is 5.91 Å². The number of hydrogen-bond acceptors (Lipinski definition) is 2. The zero-order chi connectivity index (χ0) is 15.5. The van der Waals surface area contributed by atoms with E-state index in [0.717, 1.165) is 18.5 Å². The van der Waals surface area contributed by atoms with E-state index in [1.165, 1.54) is 0 Å². The van der Waals surface area contributed by atoms with Gasteiger partial charge in [-0.15, -0.1) is 0 Å². The quantitative estimate of drug-likeness (QED) is 0.887. The van der Waals surface area contributed by atoms with Crippen molar-refractivity contribution in [1.29, 1.82) is 0 Å². The minimum Gasteiger partial charge on any atom is -0.325 e. The van der Waals surface area contributed by atoms with Gasteiger partial charge in [-0.05, 0) is 48.9 Å². The molecule has 1 aliphatic heterocycles. The number of hydrogen-bond donors (Lipinski definition) is 2. The van der Waals surface area contributed by atoms with Gasteiger partial charge in [0, 0.05) is 21.7 Å². The van der Waals surface area contributed by atoms with E-state index in [-0.39, 0.29) is 17.9 Å². The Hall–Kier alpha value is -1.55. The number of carbonyl (C=O) groups is 1. The lowest BCUT2D eigenvalue weighted by Crippen LogP contribution is -2.39. The molecule has 5 heteroatoms. The maximum Gasteiger partial charge on any atom is 0.242 e. The van der Waals surface area contributed by atoms with E-state index < -0.39 is 0 Å². The van der Waals surface area contributed by atoms with Crippen molar-refractivity contribution in [1.82, 2.24) is 5.32 Å². The first kappa shape index (κ1) is 15.3. The average Bonchev–Trinajstić information content (AvgIpc) is 2.97. The zero-order valence-corrected chi connectivity index (χ0v) is 13.4. The Morgan fingerprint density at radius 1 is 1.09 bits per heavy atom. The molecule has 2 aromatic carbocycles. The molecule has 2 N–H and O–H groups in total. The summed E-state index contributed by atoms with van der Waals surface area (Å²) in [7, 11) is 0. The van der Waals surface area contributed by atoms with Crippen LogP contribution in [0.25, 0.3) is 0 Å². The summed E-state index contributed by atoms with van der Waals surface area (Å²) in [6.07, 6.45) is 0.911. The highest BCUT2D eigenvalue weighted by Crippen LogP contribution is 2.30. The van der Waals surface area contributed by atoms with Crippen molar-refractivity contribution in [3.63, 3.8) is 0 Å². The molecule has 2 atom stereocenters. The SMILES string of the molecule is O=C(Nc1cccc(Cl)c1)C1NCCC1c1cccc(Cl)c1. The van der Waals surface area contributed by atoms with Gasteiger partial charge in [-0.3, -0.25) is 4.79 Å². The number of rotatable bonds is 3.